The van der Waals surface area contributed by atoms with Crippen molar-refractivity contribution in [3.63, 3.8) is 0 Å². The highest BCUT2D eigenvalue weighted by molar-refractivity contribution is 7.17. The van der Waals surface area contributed by atoms with Crippen LogP contribution in [0.1, 0.15) is 32.9 Å². The van der Waals surface area contributed by atoms with Gasteiger partial charge in [-0.15, -0.1) is 5.10 Å². The molecule has 0 aliphatic carbocycles. The van der Waals surface area contributed by atoms with Crippen LogP contribution in [-0.2, 0) is 0 Å². The molecule has 1 saturated heterocycles. The molecule has 4 heterocycles. The van der Waals surface area contributed by atoms with E-state index in [2.05, 4.69) is 15.0 Å². The number of carbonyl (C=O) groups is 1. The third-order valence-corrected chi connectivity index (χ3v) is 7.05. The van der Waals surface area contributed by atoms with Gasteiger partial charge in [-0.3, -0.25) is 9.69 Å². The molecule has 1 N–H and O–H groups in total. The first-order chi connectivity index (χ1) is 16.5. The number of furan rings is 1. The molecule has 4 aromatic rings. The van der Waals surface area contributed by atoms with Gasteiger partial charge in [-0.05, 0) is 36.8 Å². The van der Waals surface area contributed by atoms with Crippen molar-refractivity contribution in [3.05, 3.63) is 58.6 Å². The minimum Gasteiger partial charge on any atom is -0.493 e. The fourth-order valence-corrected chi connectivity index (χ4v) is 5.48. The average Bonchev–Trinajstić information content (AvgIpc) is 3.58. The van der Waals surface area contributed by atoms with Gasteiger partial charge >= 0.3 is 0 Å². The molecule has 1 atom stereocenters. The maximum atomic E-state index is 12.7. The van der Waals surface area contributed by atoms with Crippen molar-refractivity contribution >= 4 is 22.2 Å². The van der Waals surface area contributed by atoms with Crippen molar-refractivity contribution in [1.29, 1.82) is 0 Å². The van der Waals surface area contributed by atoms with E-state index in [0.717, 1.165) is 10.4 Å². The summed E-state index contributed by atoms with van der Waals surface area (Å²) in [4.78, 5) is 22.5. The maximum absolute atomic E-state index is 12.7. The zero-order valence-corrected chi connectivity index (χ0v) is 19.9. The minimum atomic E-state index is -0.283. The van der Waals surface area contributed by atoms with E-state index in [4.69, 9.17) is 13.9 Å². The SMILES string of the molecule is COc1ccc([C@H](c2sc3nc(C)nn3c2O)N2CCN(C(=O)c3ccco3)CC2)cc1OC. The van der Waals surface area contributed by atoms with Crippen molar-refractivity contribution in [2.24, 2.45) is 0 Å². The molecule has 0 unspecified atom stereocenters. The molecule has 1 aromatic carbocycles. The maximum Gasteiger partial charge on any atom is 0.289 e. The fraction of sp³-hybridized carbons (Fsp3) is 0.348. The van der Waals surface area contributed by atoms with Gasteiger partial charge in [0.15, 0.2) is 17.3 Å². The number of thiazole rings is 1. The number of aromatic hydroxyl groups is 1. The van der Waals surface area contributed by atoms with Crippen LogP contribution < -0.4 is 9.47 Å². The Morgan fingerprint density at radius 2 is 1.91 bits per heavy atom. The largest absolute Gasteiger partial charge is 0.493 e. The van der Waals surface area contributed by atoms with Crippen LogP contribution in [0.4, 0.5) is 0 Å². The Kier molecular flexibility index (Phi) is 5.88. The molecule has 0 bridgehead atoms. The number of methoxy groups -OCH3 is 2. The van der Waals surface area contributed by atoms with Crippen molar-refractivity contribution in [2.75, 3.05) is 40.4 Å². The Bertz CT molecular complexity index is 1310. The first-order valence-corrected chi connectivity index (χ1v) is 11.7. The van der Waals surface area contributed by atoms with E-state index in [-0.39, 0.29) is 17.8 Å². The Morgan fingerprint density at radius 1 is 1.15 bits per heavy atom. The van der Waals surface area contributed by atoms with Crippen molar-refractivity contribution in [2.45, 2.75) is 13.0 Å². The lowest BCUT2D eigenvalue weighted by Gasteiger charge is -2.39. The number of nitrogens with zero attached hydrogens (tertiary/aromatic N) is 5. The summed E-state index contributed by atoms with van der Waals surface area (Å²) < 4.78 is 17.7. The molecular formula is C23H25N5O5S. The Balaban J connectivity index is 1.49. The second-order valence-electron chi connectivity index (χ2n) is 7.97. The average molecular weight is 484 g/mol. The second-order valence-corrected chi connectivity index (χ2v) is 8.97. The molecule has 10 nitrogen and oxygen atoms in total. The van der Waals surface area contributed by atoms with E-state index in [1.54, 1.807) is 38.2 Å². The van der Waals surface area contributed by atoms with Gasteiger partial charge in [0.2, 0.25) is 10.8 Å². The third kappa shape index (κ3) is 3.86. The van der Waals surface area contributed by atoms with Crippen molar-refractivity contribution in [3.8, 4) is 17.4 Å². The quantitative estimate of drug-likeness (QED) is 0.446. The Morgan fingerprint density at radius 3 is 2.56 bits per heavy atom. The van der Waals surface area contributed by atoms with Crippen molar-refractivity contribution < 1.29 is 23.8 Å². The van der Waals surface area contributed by atoms with Gasteiger partial charge in [0.05, 0.1) is 31.4 Å². The van der Waals surface area contributed by atoms with Gasteiger partial charge in [0, 0.05) is 26.2 Å². The van der Waals surface area contributed by atoms with Crippen LogP contribution in [0.5, 0.6) is 17.4 Å². The fourth-order valence-electron chi connectivity index (χ4n) is 4.32. The zero-order chi connectivity index (χ0) is 23.8. The number of hydrogen-bond acceptors (Lipinski definition) is 9. The van der Waals surface area contributed by atoms with Gasteiger partial charge in [-0.1, -0.05) is 17.4 Å². The Hall–Kier alpha value is -3.57. The molecule has 1 aliphatic rings. The summed E-state index contributed by atoms with van der Waals surface area (Å²) in [5, 5.41) is 15.4. The number of rotatable bonds is 6. The summed E-state index contributed by atoms with van der Waals surface area (Å²) in [7, 11) is 3.19. The summed E-state index contributed by atoms with van der Waals surface area (Å²) in [6.45, 7) is 4.07. The summed E-state index contributed by atoms with van der Waals surface area (Å²) in [5.41, 5.74) is 0.931. The van der Waals surface area contributed by atoms with Crippen molar-refractivity contribution in [1.82, 2.24) is 24.4 Å². The van der Waals surface area contributed by atoms with Crippen LogP contribution in [0.3, 0.4) is 0 Å². The molecular weight excluding hydrogens is 458 g/mol. The molecule has 1 fully saturated rings. The lowest BCUT2D eigenvalue weighted by atomic mass is 10.0. The van der Waals surface area contributed by atoms with Gasteiger partial charge in [-0.2, -0.15) is 4.52 Å². The van der Waals surface area contributed by atoms with Crippen LogP contribution in [0.15, 0.2) is 41.0 Å². The number of piperazine rings is 1. The summed E-state index contributed by atoms with van der Waals surface area (Å²) in [5.74, 6) is 2.11. The highest BCUT2D eigenvalue weighted by Gasteiger charge is 2.33. The lowest BCUT2D eigenvalue weighted by molar-refractivity contribution is 0.0567. The standard InChI is InChI=1S/C23H25N5O5S/c1-14-24-23-28(25-14)22(30)20(34-23)19(15-6-7-16(31-2)18(13-15)32-3)26-8-10-27(11-9-26)21(29)17-5-4-12-33-17/h4-7,12-13,19,30H,8-11H2,1-3H3/t19-/m1/s1. The normalized spacial score (nSPS) is 15.6. The van der Waals surface area contributed by atoms with E-state index in [1.165, 1.54) is 22.1 Å². The van der Waals surface area contributed by atoms with Gasteiger partial charge in [-0.25, -0.2) is 4.98 Å². The molecule has 0 saturated carbocycles. The minimum absolute atomic E-state index is 0.0643. The van der Waals surface area contributed by atoms with Crippen LogP contribution in [0.25, 0.3) is 4.96 Å². The second kappa shape index (κ2) is 8.99. The predicted octanol–water partition coefficient (Wildman–Crippen LogP) is 2.96. The number of benzene rings is 1. The molecule has 0 radical (unpaired) electrons. The van der Waals surface area contributed by atoms with E-state index in [1.807, 2.05) is 18.2 Å². The highest BCUT2D eigenvalue weighted by Crippen LogP contribution is 2.42. The number of fused-ring (bicyclic) bond motifs is 1. The highest BCUT2D eigenvalue weighted by atomic mass is 32.1. The first-order valence-electron chi connectivity index (χ1n) is 10.8. The van der Waals surface area contributed by atoms with E-state index >= 15 is 0 Å². The van der Waals surface area contributed by atoms with E-state index < -0.39 is 0 Å². The molecule has 1 amide bonds. The number of amides is 1. The molecule has 11 heteroatoms. The zero-order valence-electron chi connectivity index (χ0n) is 19.1. The molecule has 178 valence electrons. The molecule has 5 rings (SSSR count). The molecule has 0 spiro atoms. The number of aromatic nitrogens is 3. The summed E-state index contributed by atoms with van der Waals surface area (Å²) >= 11 is 1.40. The van der Waals surface area contributed by atoms with Crippen LogP contribution in [0, 0.1) is 6.92 Å². The molecule has 34 heavy (non-hydrogen) atoms. The topological polar surface area (TPSA) is 106 Å². The predicted molar refractivity (Wildman–Crippen MR) is 125 cm³/mol. The van der Waals surface area contributed by atoms with Gasteiger partial charge in [0.1, 0.15) is 5.82 Å². The van der Waals surface area contributed by atoms with Crippen LogP contribution in [0.2, 0.25) is 0 Å². The number of carbonyl (C=O) groups excluding carboxylic acids is 1. The number of ether oxygens (including phenoxy) is 2. The summed E-state index contributed by atoms with van der Waals surface area (Å²) in [6.07, 6.45) is 1.50. The summed E-state index contributed by atoms with van der Waals surface area (Å²) in [6, 6.07) is 8.85. The van der Waals surface area contributed by atoms with Gasteiger partial charge in [0.25, 0.3) is 5.91 Å². The first kappa shape index (κ1) is 22.2. The molecule has 3 aromatic heterocycles. The monoisotopic (exact) mass is 483 g/mol. The van der Waals surface area contributed by atoms with Gasteiger partial charge < -0.3 is 23.9 Å². The molecule has 1 aliphatic heterocycles. The Labute approximate surface area is 199 Å². The number of hydrogen-bond donors (Lipinski definition) is 1. The smallest absolute Gasteiger partial charge is 0.289 e. The van der Waals surface area contributed by atoms with E-state index in [0.29, 0.717) is 54.2 Å². The lowest BCUT2D eigenvalue weighted by Crippen LogP contribution is -2.49. The van der Waals surface area contributed by atoms with E-state index in [9.17, 15) is 9.90 Å². The van der Waals surface area contributed by atoms with Crippen LogP contribution >= 0.6 is 11.3 Å². The van der Waals surface area contributed by atoms with Crippen LogP contribution in [-0.4, -0.2) is 75.8 Å². The third-order valence-electron chi connectivity index (χ3n) is 5.98. The number of aryl methyl sites for hydroxylation is 1.